The van der Waals surface area contributed by atoms with Crippen molar-refractivity contribution < 1.29 is 34.2 Å². The van der Waals surface area contributed by atoms with E-state index in [1.807, 2.05) is 38.2 Å². The van der Waals surface area contributed by atoms with Gasteiger partial charge in [-0.1, -0.05) is 0 Å². The molecule has 2 aliphatic rings. The van der Waals surface area contributed by atoms with Gasteiger partial charge in [0.2, 0.25) is 0 Å². The van der Waals surface area contributed by atoms with Crippen LogP contribution in [0.25, 0.3) is 0 Å². The summed E-state index contributed by atoms with van der Waals surface area (Å²) in [5.74, 6) is -2.69. The Morgan fingerprint density at radius 3 is 1.38 bits per heavy atom. The van der Waals surface area contributed by atoms with Gasteiger partial charge in [-0.25, -0.2) is 0 Å². The molecule has 2 aliphatic carbocycles. The molecule has 2 aromatic rings. The van der Waals surface area contributed by atoms with Crippen LogP contribution in [0.15, 0.2) is 79.6 Å². The fourth-order valence-corrected chi connectivity index (χ4v) is 13.6. The quantitative estimate of drug-likeness (QED) is 0.422. The molecule has 0 nitrogen and oxygen atoms in total. The van der Waals surface area contributed by atoms with Gasteiger partial charge in [-0.05, 0) is 0 Å². The fourth-order valence-electron chi connectivity index (χ4n) is 4.69. The summed E-state index contributed by atoms with van der Waals surface area (Å²) in [5, 5.41) is 0. The summed E-state index contributed by atoms with van der Waals surface area (Å²) in [5.41, 5.74) is 1.95. The zero-order valence-corrected chi connectivity index (χ0v) is 17.8. The molecular formula is C24H20F4Ti. The van der Waals surface area contributed by atoms with Crippen molar-refractivity contribution in [2.75, 3.05) is 0 Å². The third kappa shape index (κ3) is 3.19. The van der Waals surface area contributed by atoms with Crippen LogP contribution in [-0.2, 0) is 16.6 Å². The topological polar surface area (TPSA) is 0 Å². The second kappa shape index (κ2) is 7.58. The molecule has 0 atom stereocenters. The van der Waals surface area contributed by atoms with Crippen LogP contribution in [0.2, 0.25) is 0 Å². The first-order valence-electron chi connectivity index (χ1n) is 9.50. The standard InChI is InChI=1S/2C6H3F2.2C6H7.Ti/c2*7-5-2-1-3-6(8)4-5;2*1-6-4-2-3-5-6;/h2*1-2,4H;2*2,4H,3H2,1H3;. The molecule has 4 rings (SSSR count). The van der Waals surface area contributed by atoms with Gasteiger partial charge in [0.15, 0.2) is 0 Å². The average molecular weight is 432 g/mol. The molecule has 0 aliphatic heterocycles. The van der Waals surface area contributed by atoms with Gasteiger partial charge in [-0.3, -0.25) is 0 Å². The van der Waals surface area contributed by atoms with E-state index in [1.54, 1.807) is 0 Å². The first-order chi connectivity index (χ1) is 13.9. The van der Waals surface area contributed by atoms with Gasteiger partial charge in [0.1, 0.15) is 0 Å². The first-order valence-corrected chi connectivity index (χ1v) is 12.6. The van der Waals surface area contributed by atoms with E-state index < -0.39 is 39.9 Å². The summed E-state index contributed by atoms with van der Waals surface area (Å²) in [7, 11) is 0. The van der Waals surface area contributed by atoms with Crippen molar-refractivity contribution in [1.29, 1.82) is 0 Å². The van der Waals surface area contributed by atoms with Crippen molar-refractivity contribution in [3.63, 3.8) is 0 Å². The Hall–Kier alpha value is -2.17. The predicted molar refractivity (Wildman–Crippen MR) is 105 cm³/mol. The summed E-state index contributed by atoms with van der Waals surface area (Å²) in [6.45, 7) is 3.89. The van der Waals surface area contributed by atoms with Gasteiger partial charge in [0.05, 0.1) is 0 Å². The van der Waals surface area contributed by atoms with E-state index in [0.29, 0.717) is 20.6 Å². The van der Waals surface area contributed by atoms with E-state index in [-0.39, 0.29) is 0 Å². The van der Waals surface area contributed by atoms with Crippen LogP contribution in [0, 0.1) is 23.3 Å². The van der Waals surface area contributed by atoms with E-state index in [0.717, 1.165) is 31.0 Å². The second-order valence-corrected chi connectivity index (χ2v) is 13.4. The van der Waals surface area contributed by atoms with E-state index in [4.69, 9.17) is 0 Å². The van der Waals surface area contributed by atoms with Crippen molar-refractivity contribution in [3.8, 4) is 0 Å². The zero-order chi connectivity index (χ0) is 20.8. The Morgan fingerprint density at radius 1 is 0.655 bits per heavy atom. The molecule has 0 spiro atoms. The van der Waals surface area contributed by atoms with Crippen LogP contribution in [0.1, 0.15) is 26.7 Å². The van der Waals surface area contributed by atoms with E-state index in [2.05, 4.69) is 0 Å². The van der Waals surface area contributed by atoms with Crippen LogP contribution >= 0.6 is 0 Å². The summed E-state index contributed by atoms with van der Waals surface area (Å²) in [6.07, 6.45) is 9.08. The fraction of sp³-hybridized carbons (Fsp3) is 0.167. The molecule has 0 unspecified atom stereocenters. The third-order valence-corrected chi connectivity index (χ3v) is 14.4. The normalized spacial score (nSPS) is 16.5. The summed E-state index contributed by atoms with van der Waals surface area (Å²) >= 11 is -4.13. The molecule has 0 heterocycles. The van der Waals surface area contributed by atoms with Crippen LogP contribution in [0.5, 0.6) is 0 Å². The Bertz CT molecular complexity index is 1030. The molecule has 0 saturated carbocycles. The number of benzene rings is 2. The van der Waals surface area contributed by atoms with Gasteiger partial charge in [0.25, 0.3) is 0 Å². The van der Waals surface area contributed by atoms with E-state index in [1.165, 1.54) is 24.3 Å². The number of hydrogen-bond acceptors (Lipinski definition) is 0. The third-order valence-electron chi connectivity index (χ3n) is 5.91. The molecule has 0 N–H and O–H groups in total. The molecule has 29 heavy (non-hydrogen) atoms. The van der Waals surface area contributed by atoms with Gasteiger partial charge in [0, 0.05) is 0 Å². The van der Waals surface area contributed by atoms with Crippen molar-refractivity contribution in [3.05, 3.63) is 103 Å². The van der Waals surface area contributed by atoms with Gasteiger partial charge < -0.3 is 0 Å². The Labute approximate surface area is 171 Å². The molecule has 2 aromatic carbocycles. The predicted octanol–water partition coefficient (Wildman–Crippen LogP) is 5.82. The van der Waals surface area contributed by atoms with Crippen molar-refractivity contribution in [1.82, 2.24) is 0 Å². The minimum absolute atomic E-state index is 0.355. The van der Waals surface area contributed by atoms with Crippen LogP contribution in [0.4, 0.5) is 17.6 Å². The van der Waals surface area contributed by atoms with Gasteiger partial charge in [-0.15, -0.1) is 0 Å². The molecule has 0 saturated heterocycles. The average Bonchev–Trinajstić information content (AvgIpc) is 3.28. The summed E-state index contributed by atoms with van der Waals surface area (Å²) in [6, 6.07) is 7.13. The van der Waals surface area contributed by atoms with Crippen LogP contribution < -0.4 is 7.74 Å². The SMILES string of the molecule is CC1=[C]([Ti]([C]2=C(C)C=CC2)([c]2ccc(F)cc2F)[c]2ccc(F)cc2F)CC=C1. The van der Waals surface area contributed by atoms with E-state index in [9.17, 15) is 8.78 Å². The molecule has 0 fully saturated rings. The van der Waals surface area contributed by atoms with Crippen molar-refractivity contribution in [2.24, 2.45) is 0 Å². The molecule has 0 radical (unpaired) electrons. The van der Waals surface area contributed by atoms with E-state index >= 15 is 8.78 Å². The first kappa shape index (κ1) is 20.1. The van der Waals surface area contributed by atoms with Gasteiger partial charge in [-0.2, -0.15) is 0 Å². The number of allylic oxidation sites excluding steroid dienone is 8. The van der Waals surface area contributed by atoms with Crippen LogP contribution in [-0.4, -0.2) is 0 Å². The van der Waals surface area contributed by atoms with Crippen molar-refractivity contribution in [2.45, 2.75) is 26.7 Å². The molecule has 148 valence electrons. The van der Waals surface area contributed by atoms with Crippen molar-refractivity contribution >= 4 is 7.74 Å². The molecule has 5 heteroatoms. The Balaban J connectivity index is 2.17. The second-order valence-electron chi connectivity index (χ2n) is 7.53. The Morgan fingerprint density at radius 2 is 1.07 bits per heavy atom. The maximum absolute atomic E-state index is 15.3. The maximum atomic E-state index is 15.3. The Kier molecular flexibility index (Phi) is 5.26. The monoisotopic (exact) mass is 432 g/mol. The molecular weight excluding hydrogens is 412 g/mol. The zero-order valence-electron chi connectivity index (χ0n) is 16.2. The number of halogens is 4. The van der Waals surface area contributed by atoms with Crippen LogP contribution in [0.3, 0.4) is 0 Å². The molecule has 0 bridgehead atoms. The summed E-state index contributed by atoms with van der Waals surface area (Å²) in [4.78, 5) is 0. The van der Waals surface area contributed by atoms with Gasteiger partial charge >= 0.3 is 171 Å². The number of rotatable bonds is 4. The minimum atomic E-state index is -4.13. The molecule has 0 amide bonds. The molecule has 0 aromatic heterocycles. The number of hydrogen-bond donors (Lipinski definition) is 0. The summed E-state index contributed by atoms with van der Waals surface area (Å²) < 4.78 is 60.9.